The van der Waals surface area contributed by atoms with E-state index in [-0.39, 0.29) is 17.6 Å². The van der Waals surface area contributed by atoms with Crippen LogP contribution in [-0.2, 0) is 17.6 Å². The van der Waals surface area contributed by atoms with Gasteiger partial charge in [-0.1, -0.05) is 98.2 Å². The molecule has 0 amide bonds. The lowest BCUT2D eigenvalue weighted by atomic mass is 9.69. The van der Waals surface area contributed by atoms with Crippen LogP contribution < -0.4 is 0 Å². The zero-order valence-electron chi connectivity index (χ0n) is 21.1. The standard InChI is InChI=1S/C34H38O/c1-24(23-26-16-19-29(20-17-26)28-9-4-3-5-10-28)15-18-27-21-22-33(35)34(25(27)2)32-14-8-12-30-11-6-7-13-31(30)32/h6-7,11,13,15-22,28,32,34H,2-5,8-10,12,14,23H2,1H3/b24-15+,27-18-. The Kier molecular flexibility index (Phi) is 7.32. The highest BCUT2D eigenvalue weighted by molar-refractivity contribution is 5.98. The number of allylic oxidation sites excluding steroid dienone is 7. The van der Waals surface area contributed by atoms with Crippen LogP contribution in [0.3, 0.4) is 0 Å². The molecule has 1 heteroatoms. The normalized spacial score (nSPS) is 24.6. The number of carbonyl (C=O) groups is 1. The predicted octanol–water partition coefficient (Wildman–Crippen LogP) is 8.58. The Morgan fingerprint density at radius 1 is 0.943 bits per heavy atom. The Morgan fingerprint density at radius 3 is 2.51 bits per heavy atom. The van der Waals surface area contributed by atoms with Crippen molar-refractivity contribution < 1.29 is 4.79 Å². The molecule has 0 spiro atoms. The number of benzene rings is 2. The van der Waals surface area contributed by atoms with Crippen LogP contribution in [0.2, 0.25) is 0 Å². The fraction of sp³-hybridized carbons (Fsp3) is 0.382. The summed E-state index contributed by atoms with van der Waals surface area (Å²) in [6, 6.07) is 18.0. The van der Waals surface area contributed by atoms with Crippen molar-refractivity contribution in [1.29, 1.82) is 0 Å². The number of hydrogen-bond acceptors (Lipinski definition) is 1. The molecule has 0 heterocycles. The summed E-state index contributed by atoms with van der Waals surface area (Å²) in [4.78, 5) is 13.0. The topological polar surface area (TPSA) is 17.1 Å². The highest BCUT2D eigenvalue weighted by atomic mass is 16.1. The Balaban J connectivity index is 1.29. The fourth-order valence-corrected chi connectivity index (χ4v) is 6.43. The summed E-state index contributed by atoms with van der Waals surface area (Å²) in [5, 5.41) is 0. The first-order valence-electron chi connectivity index (χ1n) is 13.6. The zero-order chi connectivity index (χ0) is 24.2. The summed E-state index contributed by atoms with van der Waals surface area (Å²) in [5.74, 6) is 1.05. The van der Waals surface area contributed by atoms with E-state index in [1.165, 1.54) is 59.9 Å². The van der Waals surface area contributed by atoms with Crippen LogP contribution in [0.15, 0.2) is 96.1 Å². The molecule has 2 unspecified atom stereocenters. The SMILES string of the molecule is C=C1/C(=C\C=C(/C)Cc2ccc(C3CCCCC3)cc2)C=CC(=O)C1C1CCCc2ccccc21. The molecule has 2 aromatic carbocycles. The molecule has 0 radical (unpaired) electrons. The van der Waals surface area contributed by atoms with E-state index in [2.05, 4.69) is 74.2 Å². The lowest BCUT2D eigenvalue weighted by molar-refractivity contribution is -0.118. The monoisotopic (exact) mass is 462 g/mol. The zero-order valence-corrected chi connectivity index (χ0v) is 21.1. The Hall–Kier alpha value is -2.93. The molecule has 1 nitrogen and oxygen atoms in total. The van der Waals surface area contributed by atoms with Crippen LogP contribution in [0.25, 0.3) is 0 Å². The maximum absolute atomic E-state index is 13.0. The molecule has 5 rings (SSSR count). The maximum Gasteiger partial charge on any atom is 0.163 e. The van der Waals surface area contributed by atoms with E-state index >= 15 is 0 Å². The van der Waals surface area contributed by atoms with Crippen LogP contribution in [-0.4, -0.2) is 5.78 Å². The molecule has 0 aliphatic heterocycles. The number of fused-ring (bicyclic) bond motifs is 1. The number of aryl methyl sites for hydroxylation is 1. The van der Waals surface area contributed by atoms with Gasteiger partial charge >= 0.3 is 0 Å². The van der Waals surface area contributed by atoms with Gasteiger partial charge in [-0.05, 0) is 96.8 Å². The molecule has 35 heavy (non-hydrogen) atoms. The number of ketones is 1. The minimum Gasteiger partial charge on any atom is -0.294 e. The molecule has 1 saturated carbocycles. The van der Waals surface area contributed by atoms with Crippen molar-refractivity contribution in [2.24, 2.45) is 5.92 Å². The van der Waals surface area contributed by atoms with Crippen LogP contribution >= 0.6 is 0 Å². The molecule has 1 fully saturated rings. The van der Waals surface area contributed by atoms with E-state index in [1.54, 1.807) is 6.08 Å². The van der Waals surface area contributed by atoms with Crippen molar-refractivity contribution in [3.63, 3.8) is 0 Å². The summed E-state index contributed by atoms with van der Waals surface area (Å²) in [6.07, 6.45) is 19.2. The van der Waals surface area contributed by atoms with Gasteiger partial charge in [-0.3, -0.25) is 4.79 Å². The van der Waals surface area contributed by atoms with Crippen LogP contribution in [0, 0.1) is 5.92 Å². The summed E-state index contributed by atoms with van der Waals surface area (Å²) in [7, 11) is 0. The fourth-order valence-electron chi connectivity index (χ4n) is 6.43. The van der Waals surface area contributed by atoms with Gasteiger partial charge < -0.3 is 0 Å². The smallest absolute Gasteiger partial charge is 0.163 e. The number of hydrogen-bond donors (Lipinski definition) is 0. The van der Waals surface area contributed by atoms with Gasteiger partial charge in [0.25, 0.3) is 0 Å². The quantitative estimate of drug-likeness (QED) is 0.435. The number of carbonyl (C=O) groups excluding carboxylic acids is 1. The third kappa shape index (κ3) is 5.35. The predicted molar refractivity (Wildman–Crippen MR) is 147 cm³/mol. The van der Waals surface area contributed by atoms with Crippen LogP contribution in [0.4, 0.5) is 0 Å². The molecule has 0 aromatic heterocycles. The summed E-state index contributed by atoms with van der Waals surface area (Å²) >= 11 is 0. The van der Waals surface area contributed by atoms with Crippen molar-refractivity contribution in [2.75, 3.05) is 0 Å². The second kappa shape index (κ2) is 10.8. The Morgan fingerprint density at radius 2 is 1.71 bits per heavy atom. The van der Waals surface area contributed by atoms with Crippen molar-refractivity contribution in [3.8, 4) is 0 Å². The van der Waals surface area contributed by atoms with Crippen molar-refractivity contribution in [1.82, 2.24) is 0 Å². The second-order valence-electron chi connectivity index (χ2n) is 10.8. The highest BCUT2D eigenvalue weighted by Crippen LogP contribution is 2.43. The van der Waals surface area contributed by atoms with Crippen LogP contribution in [0.1, 0.15) is 86.0 Å². The van der Waals surface area contributed by atoms with Gasteiger partial charge in [0.1, 0.15) is 0 Å². The van der Waals surface area contributed by atoms with Crippen molar-refractivity contribution >= 4 is 5.78 Å². The Bertz CT molecular complexity index is 1170. The lowest BCUT2D eigenvalue weighted by Gasteiger charge is -2.34. The Labute approximate surface area is 211 Å². The average molecular weight is 463 g/mol. The molecule has 2 atom stereocenters. The van der Waals surface area contributed by atoms with Crippen molar-refractivity contribution in [2.45, 2.75) is 76.5 Å². The first kappa shape index (κ1) is 23.8. The van der Waals surface area contributed by atoms with Gasteiger partial charge in [0.2, 0.25) is 0 Å². The molecule has 180 valence electrons. The van der Waals surface area contributed by atoms with E-state index in [1.807, 2.05) is 6.08 Å². The molecule has 0 saturated heterocycles. The first-order valence-corrected chi connectivity index (χ1v) is 13.6. The van der Waals surface area contributed by atoms with E-state index < -0.39 is 0 Å². The first-order chi connectivity index (χ1) is 17.1. The second-order valence-corrected chi connectivity index (χ2v) is 10.8. The molecule has 0 bridgehead atoms. The van der Waals surface area contributed by atoms with E-state index in [9.17, 15) is 4.79 Å². The van der Waals surface area contributed by atoms with Gasteiger partial charge in [0.15, 0.2) is 5.78 Å². The van der Waals surface area contributed by atoms with Crippen molar-refractivity contribution in [3.05, 3.63) is 118 Å². The molecular formula is C34H38O. The molecule has 3 aliphatic carbocycles. The largest absolute Gasteiger partial charge is 0.294 e. The van der Waals surface area contributed by atoms with Gasteiger partial charge in [-0.2, -0.15) is 0 Å². The minimum atomic E-state index is -0.145. The average Bonchev–Trinajstić information content (AvgIpc) is 2.89. The van der Waals surface area contributed by atoms with Gasteiger partial charge in [-0.25, -0.2) is 0 Å². The minimum absolute atomic E-state index is 0.145. The summed E-state index contributed by atoms with van der Waals surface area (Å²) < 4.78 is 0. The lowest BCUT2D eigenvalue weighted by Crippen LogP contribution is -2.28. The summed E-state index contributed by atoms with van der Waals surface area (Å²) in [6.45, 7) is 6.62. The summed E-state index contributed by atoms with van der Waals surface area (Å²) in [5.41, 5.74) is 9.00. The highest BCUT2D eigenvalue weighted by Gasteiger charge is 2.35. The third-order valence-electron chi connectivity index (χ3n) is 8.38. The van der Waals surface area contributed by atoms with E-state index in [4.69, 9.17) is 0 Å². The third-order valence-corrected chi connectivity index (χ3v) is 8.38. The number of rotatable bonds is 5. The molecule has 2 aromatic rings. The van der Waals surface area contributed by atoms with Crippen LogP contribution in [0.5, 0.6) is 0 Å². The van der Waals surface area contributed by atoms with Gasteiger partial charge in [0.05, 0.1) is 5.92 Å². The van der Waals surface area contributed by atoms with Gasteiger partial charge in [-0.15, -0.1) is 0 Å². The van der Waals surface area contributed by atoms with E-state index in [0.29, 0.717) is 0 Å². The molecular weight excluding hydrogens is 424 g/mol. The van der Waals surface area contributed by atoms with Gasteiger partial charge in [0, 0.05) is 0 Å². The maximum atomic E-state index is 13.0. The molecule has 3 aliphatic rings. The van der Waals surface area contributed by atoms with E-state index in [0.717, 1.165) is 42.7 Å². The molecule has 0 N–H and O–H groups in total.